The van der Waals surface area contributed by atoms with Gasteiger partial charge in [0.15, 0.2) is 5.82 Å². The molecule has 0 saturated heterocycles. The first-order valence-electron chi connectivity index (χ1n) is 7.82. The van der Waals surface area contributed by atoms with Gasteiger partial charge >= 0.3 is 0 Å². The van der Waals surface area contributed by atoms with Crippen LogP contribution in [-0.4, -0.2) is 22.3 Å². The molecule has 5 nitrogen and oxygen atoms in total. The maximum atomic E-state index is 14.0. The van der Waals surface area contributed by atoms with E-state index in [4.69, 9.17) is 0 Å². The van der Waals surface area contributed by atoms with Gasteiger partial charge in [0, 0.05) is 13.2 Å². The van der Waals surface area contributed by atoms with Crippen LogP contribution in [-0.2, 0) is 0 Å². The van der Waals surface area contributed by atoms with Gasteiger partial charge in [-0.1, -0.05) is 18.2 Å². The molecule has 0 aliphatic rings. The Kier molecular flexibility index (Phi) is 3.57. The molecule has 1 amide bonds. The second-order valence-corrected chi connectivity index (χ2v) is 5.58. The van der Waals surface area contributed by atoms with E-state index in [1.165, 1.54) is 6.07 Å². The van der Waals surface area contributed by atoms with Crippen LogP contribution in [0.1, 0.15) is 10.4 Å². The van der Waals surface area contributed by atoms with Crippen molar-refractivity contribution in [1.29, 1.82) is 0 Å². The third-order valence-corrected chi connectivity index (χ3v) is 4.09. The van der Waals surface area contributed by atoms with Gasteiger partial charge in [0.05, 0.1) is 22.3 Å². The van der Waals surface area contributed by atoms with Gasteiger partial charge in [-0.2, -0.15) is 0 Å². The Morgan fingerprint density at radius 2 is 1.84 bits per heavy atom. The number of carbonyl (C=O) groups is 1. The number of anilines is 2. The quantitative estimate of drug-likeness (QED) is 0.600. The van der Waals surface area contributed by atoms with Crippen LogP contribution in [0.3, 0.4) is 0 Å². The molecule has 2 heterocycles. The van der Waals surface area contributed by atoms with Crippen molar-refractivity contribution in [2.75, 3.05) is 12.4 Å². The molecule has 4 rings (SSSR count). The van der Waals surface area contributed by atoms with Crippen LogP contribution in [0.4, 0.5) is 15.9 Å². The number of benzene rings is 2. The monoisotopic (exact) mass is 334 g/mol. The highest BCUT2D eigenvalue weighted by atomic mass is 19.1. The summed E-state index contributed by atoms with van der Waals surface area (Å²) in [5, 5.41) is 5.66. The van der Waals surface area contributed by atoms with Gasteiger partial charge < -0.3 is 15.0 Å². The number of hydrogen-bond acceptors (Lipinski definition) is 3. The molecule has 2 N–H and O–H groups in total. The molecule has 2 aromatic heterocycles. The summed E-state index contributed by atoms with van der Waals surface area (Å²) < 4.78 is 15.9. The number of para-hydroxylation sites is 2. The predicted molar refractivity (Wildman–Crippen MR) is 95.8 cm³/mol. The Morgan fingerprint density at radius 3 is 2.64 bits per heavy atom. The molecule has 6 heteroatoms. The zero-order valence-electron chi connectivity index (χ0n) is 13.5. The fraction of sp³-hybridized carbons (Fsp3) is 0.0526. The van der Waals surface area contributed by atoms with E-state index in [-0.39, 0.29) is 11.7 Å². The second kappa shape index (κ2) is 5.90. The number of amides is 1. The van der Waals surface area contributed by atoms with Crippen LogP contribution in [0, 0.1) is 5.82 Å². The Morgan fingerprint density at radius 1 is 1.04 bits per heavy atom. The van der Waals surface area contributed by atoms with Crippen LogP contribution in [0.15, 0.2) is 60.8 Å². The van der Waals surface area contributed by atoms with Crippen LogP contribution >= 0.6 is 0 Å². The third-order valence-electron chi connectivity index (χ3n) is 4.09. The van der Waals surface area contributed by atoms with E-state index in [2.05, 4.69) is 15.6 Å². The summed E-state index contributed by atoms with van der Waals surface area (Å²) in [7, 11) is 1.58. The van der Waals surface area contributed by atoms with E-state index in [0.717, 1.165) is 11.0 Å². The average molecular weight is 334 g/mol. The smallest absolute Gasteiger partial charge is 0.253 e. The summed E-state index contributed by atoms with van der Waals surface area (Å²) in [4.78, 5) is 16.8. The summed E-state index contributed by atoms with van der Waals surface area (Å²) in [6.07, 6.45) is 1.89. The largest absolute Gasteiger partial charge is 0.355 e. The molecule has 0 bridgehead atoms. The second-order valence-electron chi connectivity index (χ2n) is 5.58. The van der Waals surface area contributed by atoms with Crippen molar-refractivity contribution in [3.05, 3.63) is 72.2 Å². The number of halogens is 1. The molecule has 0 aliphatic carbocycles. The first kappa shape index (κ1) is 15.1. The van der Waals surface area contributed by atoms with Gasteiger partial charge in [0.1, 0.15) is 11.3 Å². The normalized spacial score (nSPS) is 11.0. The van der Waals surface area contributed by atoms with Gasteiger partial charge in [-0.3, -0.25) is 4.79 Å². The van der Waals surface area contributed by atoms with E-state index in [0.29, 0.717) is 22.6 Å². The van der Waals surface area contributed by atoms with Crippen LogP contribution in [0.2, 0.25) is 0 Å². The van der Waals surface area contributed by atoms with Crippen LogP contribution in [0.25, 0.3) is 16.6 Å². The van der Waals surface area contributed by atoms with Gasteiger partial charge in [-0.25, -0.2) is 9.37 Å². The standard InChI is InChI=1S/C19H15FN4O/c1-21-19(25)12-6-4-9-15-17(12)23-18(16-10-5-11-24(15)16)22-14-8-3-2-7-13(14)20/h2-11H,1H3,(H,21,25)(H,22,23). The van der Waals surface area contributed by atoms with Gasteiger partial charge in [0.25, 0.3) is 5.91 Å². The third kappa shape index (κ3) is 2.48. The zero-order valence-corrected chi connectivity index (χ0v) is 13.5. The van der Waals surface area contributed by atoms with Crippen LogP contribution < -0.4 is 10.6 Å². The maximum absolute atomic E-state index is 14.0. The lowest BCUT2D eigenvalue weighted by atomic mass is 10.1. The zero-order chi connectivity index (χ0) is 17.4. The lowest BCUT2D eigenvalue weighted by Crippen LogP contribution is -2.18. The first-order valence-corrected chi connectivity index (χ1v) is 7.82. The molecule has 0 aliphatic heterocycles. The van der Waals surface area contributed by atoms with Crippen molar-refractivity contribution in [2.24, 2.45) is 0 Å². The SMILES string of the molecule is CNC(=O)c1cccc2c1nc(Nc1ccccc1F)c1cccn12. The van der Waals surface area contributed by atoms with Crippen molar-refractivity contribution in [3.8, 4) is 0 Å². The van der Waals surface area contributed by atoms with E-state index >= 15 is 0 Å². The Bertz CT molecular complexity index is 1100. The minimum absolute atomic E-state index is 0.221. The molecule has 0 unspecified atom stereocenters. The summed E-state index contributed by atoms with van der Waals surface area (Å²) >= 11 is 0. The highest BCUT2D eigenvalue weighted by Gasteiger charge is 2.15. The summed E-state index contributed by atoms with van der Waals surface area (Å²) in [6.45, 7) is 0. The van der Waals surface area contributed by atoms with E-state index in [1.54, 1.807) is 31.3 Å². The molecule has 4 aromatic rings. The molecule has 0 atom stereocenters. The number of aromatic nitrogens is 2. The number of nitrogens with one attached hydrogen (secondary N) is 2. The van der Waals surface area contributed by atoms with Crippen molar-refractivity contribution in [2.45, 2.75) is 0 Å². The lowest BCUT2D eigenvalue weighted by Gasteiger charge is -2.13. The summed E-state index contributed by atoms with van der Waals surface area (Å²) in [5.74, 6) is -0.103. The van der Waals surface area contributed by atoms with E-state index in [9.17, 15) is 9.18 Å². The van der Waals surface area contributed by atoms with Crippen molar-refractivity contribution < 1.29 is 9.18 Å². The van der Waals surface area contributed by atoms with Gasteiger partial charge in [-0.05, 0) is 36.4 Å². The van der Waals surface area contributed by atoms with Gasteiger partial charge in [-0.15, -0.1) is 0 Å². The minimum Gasteiger partial charge on any atom is -0.355 e. The molecule has 0 radical (unpaired) electrons. The number of fused-ring (bicyclic) bond motifs is 3. The van der Waals surface area contributed by atoms with Crippen molar-refractivity contribution in [1.82, 2.24) is 14.7 Å². The highest BCUT2D eigenvalue weighted by molar-refractivity contribution is 6.05. The maximum Gasteiger partial charge on any atom is 0.253 e. The molecular weight excluding hydrogens is 319 g/mol. The molecule has 0 fully saturated rings. The molecule has 0 spiro atoms. The van der Waals surface area contributed by atoms with Crippen molar-refractivity contribution >= 4 is 34.0 Å². The predicted octanol–water partition coefficient (Wildman–Crippen LogP) is 3.73. The van der Waals surface area contributed by atoms with E-state index < -0.39 is 0 Å². The molecule has 25 heavy (non-hydrogen) atoms. The number of rotatable bonds is 3. The van der Waals surface area contributed by atoms with E-state index in [1.807, 2.05) is 34.9 Å². The fourth-order valence-corrected chi connectivity index (χ4v) is 2.90. The minimum atomic E-state index is -0.367. The molecule has 0 saturated carbocycles. The Labute approximate surface area is 143 Å². The summed E-state index contributed by atoms with van der Waals surface area (Å²) in [5.41, 5.74) is 2.94. The fourth-order valence-electron chi connectivity index (χ4n) is 2.90. The molecule has 124 valence electrons. The summed E-state index contributed by atoms with van der Waals surface area (Å²) in [6, 6.07) is 15.6. The topological polar surface area (TPSA) is 58.4 Å². The molecular formula is C19H15FN4O. The average Bonchev–Trinajstić information content (AvgIpc) is 3.13. The molecule has 2 aromatic carbocycles. The van der Waals surface area contributed by atoms with Gasteiger partial charge in [0.2, 0.25) is 0 Å². The number of hydrogen-bond donors (Lipinski definition) is 2. The number of carbonyl (C=O) groups excluding carboxylic acids is 1. The number of nitrogens with zero attached hydrogens (tertiary/aromatic N) is 2. The lowest BCUT2D eigenvalue weighted by molar-refractivity contribution is 0.0964. The van der Waals surface area contributed by atoms with Crippen molar-refractivity contribution in [3.63, 3.8) is 0 Å². The van der Waals surface area contributed by atoms with Crippen LogP contribution in [0.5, 0.6) is 0 Å². The Hall–Kier alpha value is -3.41. The Balaban J connectivity index is 1.98. The first-order chi connectivity index (χ1) is 12.2. The highest BCUT2D eigenvalue weighted by Crippen LogP contribution is 2.27.